The molecule has 0 saturated heterocycles. The van der Waals surface area contributed by atoms with Gasteiger partial charge in [-0.2, -0.15) is 0 Å². The Hall–Kier alpha value is -4.24. The van der Waals surface area contributed by atoms with Gasteiger partial charge in [0.05, 0.1) is 0 Å². The Kier molecular flexibility index (Phi) is 9.08. The number of benzene rings is 2. The van der Waals surface area contributed by atoms with Crippen LogP contribution in [0.25, 0.3) is 11.4 Å². The fourth-order valence-corrected chi connectivity index (χ4v) is 4.03. The molecule has 41 heavy (non-hydrogen) atoms. The maximum absolute atomic E-state index is 13.7. The summed E-state index contributed by atoms with van der Waals surface area (Å²) < 4.78 is 120. The van der Waals surface area contributed by atoms with Crippen molar-refractivity contribution in [2.24, 2.45) is 0 Å². The van der Waals surface area contributed by atoms with Gasteiger partial charge >= 0.3 is 231 Å². The predicted octanol–water partition coefficient (Wildman–Crippen LogP) is 6.20. The quantitative estimate of drug-likeness (QED) is 0.104. The summed E-state index contributed by atoms with van der Waals surface area (Å²) in [6.07, 6.45) is -14.6. The van der Waals surface area contributed by atoms with Crippen LogP contribution < -0.4 is 7.64 Å². The molecule has 221 valence electrons. The van der Waals surface area contributed by atoms with Gasteiger partial charge in [0.25, 0.3) is 0 Å². The van der Waals surface area contributed by atoms with Gasteiger partial charge in [-0.25, -0.2) is 0 Å². The van der Waals surface area contributed by atoms with E-state index in [9.17, 15) is 44.7 Å². The average molecular weight is 638 g/mol. The number of carbonyl (C=O) groups is 2. The Morgan fingerprint density at radius 3 is 1.24 bits per heavy atom. The first kappa shape index (κ1) is 29.7. The third kappa shape index (κ3) is 6.10. The van der Waals surface area contributed by atoms with Gasteiger partial charge < -0.3 is 0 Å². The van der Waals surface area contributed by atoms with Crippen molar-refractivity contribution in [2.45, 2.75) is 25.7 Å². The molecule has 0 N–H and O–H groups in total. The summed E-state index contributed by atoms with van der Waals surface area (Å²) in [5, 5.41) is 7.03. The fraction of sp³-hybridized carbons (Fsp3) is 0.167. The molecule has 0 bridgehead atoms. The van der Waals surface area contributed by atoms with E-state index in [1.807, 2.05) is 0 Å². The first-order valence-electron chi connectivity index (χ1n) is 11.0. The van der Waals surface area contributed by atoms with Gasteiger partial charge in [-0.3, -0.25) is 0 Å². The van der Waals surface area contributed by atoms with Gasteiger partial charge in [-0.15, -0.1) is 0 Å². The maximum atomic E-state index is 13.7. The summed E-state index contributed by atoms with van der Waals surface area (Å²) in [7, 11) is 0. The van der Waals surface area contributed by atoms with Crippen LogP contribution in [0.4, 0.5) is 35.1 Å². The second-order valence-electron chi connectivity index (χ2n) is 7.73. The summed E-state index contributed by atoms with van der Waals surface area (Å²) in [6, 6.07) is 13.9. The molecule has 0 aliphatic rings. The second kappa shape index (κ2) is 12.5. The van der Waals surface area contributed by atoms with E-state index in [0.717, 1.165) is 0 Å². The van der Waals surface area contributed by atoms with Crippen molar-refractivity contribution in [1.29, 1.82) is 0 Å². The molecule has 17 heteroatoms. The summed E-state index contributed by atoms with van der Waals surface area (Å²) >= 11 is -0.173. The molecule has 0 saturated carbocycles. The van der Waals surface area contributed by atoms with E-state index in [-0.39, 0.29) is 27.0 Å². The average Bonchev–Trinajstić information content (AvgIpc) is 3.52. The van der Waals surface area contributed by atoms with Gasteiger partial charge in [-0.1, -0.05) is 0 Å². The number of aromatic nitrogens is 4. The van der Waals surface area contributed by atoms with E-state index < -0.39 is 71.5 Å². The molecule has 4 aromatic rings. The number of nitrogens with zero attached hydrogens (tertiary/aromatic N) is 4. The molecule has 0 amide bonds. The van der Waals surface area contributed by atoms with Gasteiger partial charge in [0.2, 0.25) is 0 Å². The van der Waals surface area contributed by atoms with Crippen molar-refractivity contribution in [1.82, 2.24) is 19.6 Å². The summed E-state index contributed by atoms with van der Waals surface area (Å²) in [6.45, 7) is 0. The van der Waals surface area contributed by atoms with Crippen LogP contribution in [0.15, 0.2) is 60.7 Å². The van der Waals surface area contributed by atoms with Crippen molar-refractivity contribution >= 4 is 11.6 Å². The number of alkyl halides is 8. The van der Waals surface area contributed by atoms with Crippen LogP contribution in [0.5, 0.6) is 11.8 Å². The third-order valence-corrected chi connectivity index (χ3v) is 5.73. The molecule has 4 rings (SSSR count). The Balaban J connectivity index is 1.81. The molecule has 0 radical (unpaired) electrons. The zero-order valence-electron chi connectivity index (χ0n) is 19.8. The number of para-hydroxylation sites is 2. The standard InChI is InChI=1S/2C12H8F4N2O2.Cu/c2*13-10(14)8-7(9(19)11(15)16)12(20)18(17-8)6-4-2-1-3-5-6;/h2*1-5,10-11,20H;/q;;+2/p-2. The predicted molar refractivity (Wildman–Crippen MR) is 119 cm³/mol. The number of carbonyl (C=O) groups excluding carboxylic acids is 2. The third-order valence-electron chi connectivity index (χ3n) is 5.21. The molecule has 2 aromatic heterocycles. The fourth-order valence-electron chi connectivity index (χ4n) is 3.49. The Labute approximate surface area is 231 Å². The molecular formula is C24H14CuF8N4O4. The Morgan fingerprint density at radius 2 is 0.951 bits per heavy atom. The molecule has 0 spiro atoms. The number of halogens is 8. The second-order valence-corrected chi connectivity index (χ2v) is 8.27. The minimum atomic E-state index is -3.77. The molecule has 2 heterocycles. The van der Waals surface area contributed by atoms with Crippen LogP contribution >= 0.6 is 0 Å². The monoisotopic (exact) mass is 637 g/mol. The van der Waals surface area contributed by atoms with Crippen LogP contribution in [-0.4, -0.2) is 44.0 Å². The molecular weight excluding hydrogens is 624 g/mol. The van der Waals surface area contributed by atoms with Crippen molar-refractivity contribution in [2.75, 3.05) is 0 Å². The summed E-state index contributed by atoms with van der Waals surface area (Å²) in [5.74, 6) is -6.14. The van der Waals surface area contributed by atoms with Gasteiger partial charge in [0.1, 0.15) is 0 Å². The van der Waals surface area contributed by atoms with E-state index in [0.29, 0.717) is 9.36 Å². The van der Waals surface area contributed by atoms with E-state index in [2.05, 4.69) is 10.2 Å². The first-order chi connectivity index (χ1) is 19.5. The molecule has 0 aliphatic carbocycles. The van der Waals surface area contributed by atoms with Crippen molar-refractivity contribution < 1.29 is 68.0 Å². The molecule has 0 fully saturated rings. The number of hydrogen-bond donors (Lipinski definition) is 0. The molecule has 8 nitrogen and oxygen atoms in total. The topological polar surface area (TPSA) is 88.2 Å². The Bertz CT molecular complexity index is 1420. The molecule has 0 atom stereocenters. The van der Waals surface area contributed by atoms with Crippen LogP contribution in [0, 0.1) is 0 Å². The van der Waals surface area contributed by atoms with E-state index >= 15 is 0 Å². The van der Waals surface area contributed by atoms with Gasteiger partial charge in [-0.05, 0) is 0 Å². The van der Waals surface area contributed by atoms with Crippen LogP contribution in [0.2, 0.25) is 0 Å². The number of rotatable bonds is 12. The minimum absolute atomic E-state index is 0.0283. The molecule has 0 unspecified atom stereocenters. The van der Waals surface area contributed by atoms with Crippen molar-refractivity contribution in [3.63, 3.8) is 0 Å². The van der Waals surface area contributed by atoms with Gasteiger partial charge in [0.15, 0.2) is 0 Å². The summed E-state index contributed by atoms with van der Waals surface area (Å²) in [4.78, 5) is 24.4. The molecule has 0 aliphatic heterocycles. The number of ketones is 2. The Morgan fingerprint density at radius 1 is 0.610 bits per heavy atom. The van der Waals surface area contributed by atoms with E-state index in [1.165, 1.54) is 60.7 Å². The zero-order chi connectivity index (χ0) is 29.8. The first-order valence-corrected chi connectivity index (χ1v) is 11.8. The van der Waals surface area contributed by atoms with Crippen LogP contribution in [0.1, 0.15) is 45.0 Å². The normalized spacial score (nSPS) is 11.7. The number of Topliss-reactive ketones (excluding diaryl/α,β-unsaturated/α-hetero) is 2. The van der Waals surface area contributed by atoms with Crippen LogP contribution in [-0.2, 0) is 15.6 Å². The SMILES string of the molecule is O=C(c1c(C(F)F)nn(-c2ccccc2)c1[O][Cu][O]c1c(C(=O)C(F)F)c(C(F)F)nn1-c1ccccc1)C(F)F. The number of hydrogen-bond acceptors (Lipinski definition) is 6. The van der Waals surface area contributed by atoms with Crippen LogP contribution in [0.3, 0.4) is 0 Å². The zero-order valence-corrected chi connectivity index (χ0v) is 20.8. The van der Waals surface area contributed by atoms with Crippen molar-refractivity contribution in [3.8, 4) is 23.1 Å². The van der Waals surface area contributed by atoms with Crippen molar-refractivity contribution in [3.05, 3.63) is 83.2 Å². The van der Waals surface area contributed by atoms with Gasteiger partial charge in [0, 0.05) is 0 Å². The molecule has 2 aromatic carbocycles. The summed E-state index contributed by atoms with van der Waals surface area (Å²) in [5.41, 5.74) is -5.42. The van der Waals surface area contributed by atoms with E-state index in [4.69, 9.17) is 7.64 Å². The van der Waals surface area contributed by atoms with E-state index in [1.54, 1.807) is 0 Å².